The molecule has 0 spiro atoms. The number of carbonyl (C=O) groups is 1. The first-order valence-corrected chi connectivity index (χ1v) is 8.30. The molecule has 0 aliphatic carbocycles. The average Bonchev–Trinajstić information content (AvgIpc) is 2.53. The van der Waals surface area contributed by atoms with E-state index in [1.54, 1.807) is 6.20 Å². The highest BCUT2D eigenvalue weighted by Crippen LogP contribution is 2.29. The number of hydrogen-bond acceptors (Lipinski definition) is 3. The van der Waals surface area contributed by atoms with E-state index >= 15 is 0 Å². The van der Waals surface area contributed by atoms with Gasteiger partial charge in [-0.2, -0.15) is 0 Å². The van der Waals surface area contributed by atoms with Crippen LogP contribution in [0.15, 0.2) is 51.9 Å². The van der Waals surface area contributed by atoms with E-state index in [1.807, 2.05) is 43.3 Å². The van der Waals surface area contributed by atoms with Crippen LogP contribution in [0.2, 0.25) is 0 Å². The third kappa shape index (κ3) is 3.12. The van der Waals surface area contributed by atoms with Gasteiger partial charge in [-0.15, -0.1) is 0 Å². The lowest BCUT2D eigenvalue weighted by atomic mass is 9.99. The minimum absolute atomic E-state index is 0.0501. The number of esters is 1. The van der Waals surface area contributed by atoms with Gasteiger partial charge in [-0.1, -0.05) is 34.1 Å². The summed E-state index contributed by atoms with van der Waals surface area (Å²) in [5, 5.41) is 0.636. The molecule has 0 aliphatic rings. The van der Waals surface area contributed by atoms with Crippen LogP contribution in [-0.2, 0) is 16.1 Å². The van der Waals surface area contributed by atoms with Crippen LogP contribution in [0, 0.1) is 6.92 Å². The summed E-state index contributed by atoms with van der Waals surface area (Å²) in [6.45, 7) is 3.45. The molecule has 2 aromatic carbocycles. The number of fused-ring (bicyclic) bond motifs is 1. The SMILES string of the molecule is CC(=O)OCc1c(Br)cccc1-c1c[nH]c2cc(C)ccc2c1=O. The maximum Gasteiger partial charge on any atom is 0.302 e. The summed E-state index contributed by atoms with van der Waals surface area (Å²) < 4.78 is 5.93. The molecule has 0 bridgehead atoms. The number of carbonyl (C=O) groups excluding carboxylic acids is 1. The summed E-state index contributed by atoms with van der Waals surface area (Å²) in [6, 6.07) is 11.3. The quantitative estimate of drug-likeness (QED) is 0.682. The number of H-pyrrole nitrogens is 1. The maximum absolute atomic E-state index is 12.9. The van der Waals surface area contributed by atoms with Crippen LogP contribution < -0.4 is 5.43 Å². The Morgan fingerprint density at radius 1 is 1.21 bits per heavy atom. The van der Waals surface area contributed by atoms with E-state index in [2.05, 4.69) is 20.9 Å². The predicted octanol–water partition coefficient (Wildman–Crippen LogP) is 4.33. The second-order valence-corrected chi connectivity index (χ2v) is 6.48. The number of aromatic nitrogens is 1. The summed E-state index contributed by atoms with van der Waals surface area (Å²) in [6.07, 6.45) is 1.71. The molecule has 1 aromatic heterocycles. The van der Waals surface area contributed by atoms with Crippen molar-refractivity contribution in [3.05, 3.63) is 68.4 Å². The van der Waals surface area contributed by atoms with Crippen LogP contribution in [0.4, 0.5) is 0 Å². The van der Waals surface area contributed by atoms with Crippen molar-refractivity contribution in [2.75, 3.05) is 0 Å². The van der Waals surface area contributed by atoms with E-state index in [4.69, 9.17) is 4.74 Å². The van der Waals surface area contributed by atoms with E-state index in [-0.39, 0.29) is 18.0 Å². The van der Waals surface area contributed by atoms with Crippen LogP contribution >= 0.6 is 15.9 Å². The molecule has 1 heterocycles. The molecule has 0 radical (unpaired) electrons. The Morgan fingerprint density at radius 3 is 2.75 bits per heavy atom. The monoisotopic (exact) mass is 385 g/mol. The van der Waals surface area contributed by atoms with Crippen molar-refractivity contribution in [1.29, 1.82) is 0 Å². The first kappa shape index (κ1) is 16.5. The highest BCUT2D eigenvalue weighted by atomic mass is 79.9. The number of aryl methyl sites for hydroxylation is 1. The second kappa shape index (κ2) is 6.61. The first-order valence-electron chi connectivity index (χ1n) is 7.50. The van der Waals surface area contributed by atoms with Gasteiger partial charge in [-0.25, -0.2) is 0 Å². The molecular weight excluding hydrogens is 370 g/mol. The number of ether oxygens (including phenoxy) is 1. The molecule has 0 unspecified atom stereocenters. The van der Waals surface area contributed by atoms with Gasteiger partial charge < -0.3 is 9.72 Å². The molecule has 24 heavy (non-hydrogen) atoms. The fourth-order valence-corrected chi connectivity index (χ4v) is 3.15. The number of rotatable bonds is 3. The molecule has 0 saturated carbocycles. The lowest BCUT2D eigenvalue weighted by Gasteiger charge is -2.12. The normalized spacial score (nSPS) is 10.8. The van der Waals surface area contributed by atoms with Gasteiger partial charge in [0, 0.05) is 39.6 Å². The van der Waals surface area contributed by atoms with Crippen LogP contribution in [0.3, 0.4) is 0 Å². The molecule has 0 amide bonds. The van der Waals surface area contributed by atoms with Crippen molar-refractivity contribution >= 4 is 32.8 Å². The maximum atomic E-state index is 12.9. The lowest BCUT2D eigenvalue weighted by Crippen LogP contribution is -2.09. The Balaban J connectivity index is 2.19. The Bertz CT molecular complexity index is 992. The van der Waals surface area contributed by atoms with Crippen molar-refractivity contribution in [3.63, 3.8) is 0 Å². The smallest absolute Gasteiger partial charge is 0.302 e. The number of halogens is 1. The average molecular weight is 386 g/mol. The molecule has 122 valence electrons. The number of hydrogen-bond donors (Lipinski definition) is 1. The first-order chi connectivity index (χ1) is 11.5. The molecule has 3 rings (SSSR count). The van der Waals surface area contributed by atoms with E-state index < -0.39 is 0 Å². The van der Waals surface area contributed by atoms with Crippen molar-refractivity contribution in [3.8, 4) is 11.1 Å². The fourth-order valence-electron chi connectivity index (χ4n) is 2.67. The Labute approximate surface area is 147 Å². The highest BCUT2D eigenvalue weighted by molar-refractivity contribution is 9.10. The molecule has 1 N–H and O–H groups in total. The van der Waals surface area contributed by atoms with E-state index in [0.29, 0.717) is 10.9 Å². The largest absolute Gasteiger partial charge is 0.461 e. The van der Waals surface area contributed by atoms with E-state index in [9.17, 15) is 9.59 Å². The molecule has 5 heteroatoms. The third-order valence-electron chi connectivity index (χ3n) is 3.87. The standard InChI is InChI=1S/C19H16BrNO3/c1-11-6-7-14-18(8-11)21-9-15(19(14)23)13-4-3-5-17(20)16(13)10-24-12(2)22/h3-9H,10H2,1-2H3,(H,21,23). The lowest BCUT2D eigenvalue weighted by molar-refractivity contribution is -0.142. The van der Waals surface area contributed by atoms with Crippen molar-refractivity contribution in [2.45, 2.75) is 20.5 Å². The minimum atomic E-state index is -0.361. The van der Waals surface area contributed by atoms with Crippen molar-refractivity contribution in [2.24, 2.45) is 0 Å². The van der Waals surface area contributed by atoms with Gasteiger partial charge in [0.25, 0.3) is 0 Å². The zero-order valence-corrected chi connectivity index (χ0v) is 14.9. The number of nitrogens with one attached hydrogen (secondary N) is 1. The number of aromatic amines is 1. The Hall–Kier alpha value is -2.40. The van der Waals surface area contributed by atoms with Crippen LogP contribution in [0.5, 0.6) is 0 Å². The van der Waals surface area contributed by atoms with Gasteiger partial charge in [-0.3, -0.25) is 9.59 Å². The molecular formula is C19H16BrNO3. The summed E-state index contributed by atoms with van der Waals surface area (Å²) in [5.74, 6) is -0.361. The summed E-state index contributed by atoms with van der Waals surface area (Å²) in [7, 11) is 0. The summed E-state index contributed by atoms with van der Waals surface area (Å²) in [5.41, 5.74) is 3.91. The van der Waals surface area contributed by atoms with Gasteiger partial charge in [0.2, 0.25) is 0 Å². The van der Waals surface area contributed by atoms with Crippen LogP contribution in [0.25, 0.3) is 22.0 Å². The Morgan fingerprint density at radius 2 is 2.00 bits per heavy atom. The zero-order valence-electron chi connectivity index (χ0n) is 13.4. The van der Waals surface area contributed by atoms with Crippen LogP contribution in [0.1, 0.15) is 18.1 Å². The van der Waals surface area contributed by atoms with E-state index in [1.165, 1.54) is 6.92 Å². The van der Waals surface area contributed by atoms with Gasteiger partial charge in [0.15, 0.2) is 5.43 Å². The summed E-state index contributed by atoms with van der Waals surface area (Å²) >= 11 is 3.47. The van der Waals surface area contributed by atoms with Gasteiger partial charge in [-0.05, 0) is 36.2 Å². The predicted molar refractivity (Wildman–Crippen MR) is 97.9 cm³/mol. The number of pyridine rings is 1. The van der Waals surface area contributed by atoms with Gasteiger partial charge in [0.05, 0.1) is 0 Å². The fraction of sp³-hybridized carbons (Fsp3) is 0.158. The number of benzene rings is 2. The van der Waals surface area contributed by atoms with Crippen molar-refractivity contribution in [1.82, 2.24) is 4.98 Å². The molecule has 4 nitrogen and oxygen atoms in total. The molecule has 0 atom stereocenters. The molecule has 0 fully saturated rings. The van der Waals surface area contributed by atoms with Gasteiger partial charge in [0.1, 0.15) is 6.61 Å². The van der Waals surface area contributed by atoms with Gasteiger partial charge >= 0.3 is 5.97 Å². The minimum Gasteiger partial charge on any atom is -0.461 e. The molecule has 0 saturated heterocycles. The summed E-state index contributed by atoms with van der Waals surface area (Å²) in [4.78, 5) is 27.2. The zero-order chi connectivity index (χ0) is 17.3. The topological polar surface area (TPSA) is 59.2 Å². The Kier molecular flexibility index (Phi) is 4.53. The van der Waals surface area contributed by atoms with Crippen molar-refractivity contribution < 1.29 is 9.53 Å². The third-order valence-corrected chi connectivity index (χ3v) is 4.61. The highest BCUT2D eigenvalue weighted by Gasteiger charge is 2.14. The van der Waals surface area contributed by atoms with E-state index in [0.717, 1.165) is 26.7 Å². The molecule has 3 aromatic rings. The molecule has 0 aliphatic heterocycles. The second-order valence-electron chi connectivity index (χ2n) is 5.63. The van der Waals surface area contributed by atoms with Crippen LogP contribution in [-0.4, -0.2) is 11.0 Å².